The summed E-state index contributed by atoms with van der Waals surface area (Å²) in [5, 5.41) is 16.7. The largest absolute Gasteiger partial charge is 0.453 e. The van der Waals surface area contributed by atoms with Gasteiger partial charge in [-0.15, -0.1) is 0 Å². The number of alkyl halides is 1. The first-order valence-electron chi connectivity index (χ1n) is 21.0. The number of hydrogen-bond acceptors (Lipinski definition) is 12. The molecule has 326 valence electrons. The minimum Gasteiger partial charge on any atom is -0.453 e. The second-order valence-corrected chi connectivity index (χ2v) is 17.2. The molecule has 3 saturated heterocycles. The van der Waals surface area contributed by atoms with E-state index in [0.29, 0.717) is 57.6 Å². The van der Waals surface area contributed by atoms with Gasteiger partial charge in [-0.05, 0) is 99.9 Å². The minimum absolute atomic E-state index is 0.0183. The third-order valence-electron chi connectivity index (χ3n) is 12.4. The van der Waals surface area contributed by atoms with Crippen LogP contribution >= 0.6 is 12.1 Å². The summed E-state index contributed by atoms with van der Waals surface area (Å²) in [4.78, 5) is 35.9. The number of halogens is 3. The number of ether oxygens (including phenoxy) is 2. The highest BCUT2D eigenvalue weighted by atomic mass is 32.2. The maximum atomic E-state index is 15.5. The zero-order valence-electron chi connectivity index (χ0n) is 34.9. The zero-order valence-corrected chi connectivity index (χ0v) is 35.7. The van der Waals surface area contributed by atoms with Crippen molar-refractivity contribution in [2.75, 3.05) is 49.5 Å². The molecule has 14 nitrogen and oxygen atoms in total. The van der Waals surface area contributed by atoms with Crippen LogP contribution in [0.4, 0.5) is 29.5 Å². The fraction of sp³-hybridized carbons (Fsp3) is 0.455. The Morgan fingerprint density at radius 2 is 1.84 bits per heavy atom. The molecule has 3 aliphatic heterocycles. The minimum atomic E-state index is -1.01. The Balaban J connectivity index is 0.000000181. The summed E-state index contributed by atoms with van der Waals surface area (Å²) < 4.78 is 63.5. The van der Waals surface area contributed by atoms with Crippen LogP contribution in [0.25, 0.3) is 21.9 Å². The van der Waals surface area contributed by atoms with Gasteiger partial charge in [-0.25, -0.2) is 22.3 Å². The molecule has 2 N–H and O–H groups in total. The smallest absolute Gasteiger partial charge is 0.329 e. The fourth-order valence-electron chi connectivity index (χ4n) is 8.93. The SMILES string of the molecule is CCN(C)SNc1ccc(F)c(Oc2ccc3nccnc3c2)c1C#N.Cn1nc(N2CCC(=O)NC2=O)c2cc(F)c([C@@H]3CC[C@H](N4CCC5(CCCO5)CC4)C(F)C3)cc21. The van der Waals surface area contributed by atoms with E-state index in [9.17, 15) is 19.2 Å². The number of fused-ring (bicyclic) bond motifs is 2. The molecule has 62 heavy (non-hydrogen) atoms. The maximum absolute atomic E-state index is 15.5. The van der Waals surface area contributed by atoms with Crippen LogP contribution in [-0.2, 0) is 16.6 Å². The normalized spacial score (nSPS) is 21.5. The molecule has 1 aliphatic carbocycles. The van der Waals surface area contributed by atoms with E-state index in [1.165, 1.54) is 35.2 Å². The van der Waals surface area contributed by atoms with E-state index < -0.39 is 23.8 Å². The van der Waals surface area contributed by atoms with Gasteiger partial charge in [0, 0.05) is 88.3 Å². The molecule has 0 radical (unpaired) electrons. The highest BCUT2D eigenvalue weighted by Gasteiger charge is 2.43. The standard InChI is InChI=1S/C26H33F2N5O3.C18H16FN5OS/c1-31-22-15-17(19(27)14-18(22)24(30-31)33-9-5-23(34)29-25(33)35)16-3-4-21(20(28)13-16)32-10-7-26(8-11-32)6-2-12-36-26;1-3-24(2)26-23-15-7-5-14(19)18(13(15)11-20)25-12-4-6-16-17(10-12)22-9-8-21-16/h14-16,20-21H,2-13H2,1H3,(H,29,34,35);4-10,23H,3H2,1-2H3/t16-,20?,21+;/m1./s1. The molecule has 5 heterocycles. The number of amides is 3. The summed E-state index contributed by atoms with van der Waals surface area (Å²) >= 11 is 1.32. The second kappa shape index (κ2) is 18.5. The average Bonchev–Trinajstić information content (AvgIpc) is 3.86. The highest BCUT2D eigenvalue weighted by Crippen LogP contribution is 2.43. The lowest BCUT2D eigenvalue weighted by molar-refractivity contribution is -0.120. The molecule has 3 amide bonds. The van der Waals surface area contributed by atoms with Crippen LogP contribution < -0.4 is 19.7 Å². The number of anilines is 2. The van der Waals surface area contributed by atoms with Crippen molar-refractivity contribution in [2.45, 2.75) is 82.0 Å². The predicted molar refractivity (Wildman–Crippen MR) is 230 cm³/mol. The van der Waals surface area contributed by atoms with Crippen molar-refractivity contribution in [3.05, 3.63) is 77.6 Å². The molecule has 1 saturated carbocycles. The maximum Gasteiger partial charge on any atom is 0.329 e. The lowest BCUT2D eigenvalue weighted by Gasteiger charge is -2.45. The molecule has 5 aromatic rings. The molecular weight excluding hydrogens is 822 g/mol. The summed E-state index contributed by atoms with van der Waals surface area (Å²) in [6.07, 6.45) is 8.23. The fourth-order valence-corrected chi connectivity index (χ4v) is 9.48. The molecule has 4 aliphatic rings. The number of aromatic nitrogens is 4. The van der Waals surface area contributed by atoms with Gasteiger partial charge in [-0.1, -0.05) is 6.92 Å². The number of rotatable bonds is 9. The number of hydrogen-bond donors (Lipinski definition) is 2. The van der Waals surface area contributed by atoms with Crippen molar-refractivity contribution in [3.8, 4) is 17.6 Å². The van der Waals surface area contributed by atoms with Gasteiger partial charge < -0.3 is 14.2 Å². The first kappa shape index (κ1) is 43.2. The highest BCUT2D eigenvalue weighted by molar-refractivity contribution is 7.98. The molecule has 0 bridgehead atoms. The zero-order chi connectivity index (χ0) is 43.5. The number of aryl methyl sites for hydroxylation is 1. The van der Waals surface area contributed by atoms with Crippen LogP contribution in [0.5, 0.6) is 11.5 Å². The van der Waals surface area contributed by atoms with Crippen molar-refractivity contribution in [3.63, 3.8) is 0 Å². The Kier molecular flexibility index (Phi) is 12.9. The number of nitrogens with one attached hydrogen (secondary N) is 2. The van der Waals surface area contributed by atoms with Gasteiger partial charge in [-0.3, -0.25) is 34.6 Å². The molecule has 3 aromatic carbocycles. The van der Waals surface area contributed by atoms with E-state index >= 15 is 8.78 Å². The number of carbonyl (C=O) groups excluding carboxylic acids is 2. The van der Waals surface area contributed by atoms with E-state index in [1.807, 2.05) is 24.3 Å². The van der Waals surface area contributed by atoms with Crippen molar-refractivity contribution < 1.29 is 32.2 Å². The number of likely N-dealkylation sites (tertiary alicyclic amines) is 1. The summed E-state index contributed by atoms with van der Waals surface area (Å²) in [6.45, 7) is 5.57. The second-order valence-electron chi connectivity index (χ2n) is 16.2. The Morgan fingerprint density at radius 1 is 1.05 bits per heavy atom. The number of urea groups is 1. The van der Waals surface area contributed by atoms with E-state index in [-0.39, 0.29) is 47.7 Å². The number of benzene rings is 3. The quantitative estimate of drug-likeness (QED) is 0.138. The summed E-state index contributed by atoms with van der Waals surface area (Å²) in [5.41, 5.74) is 3.12. The van der Waals surface area contributed by atoms with Crippen LogP contribution in [0.1, 0.15) is 75.3 Å². The van der Waals surface area contributed by atoms with Gasteiger partial charge in [0.1, 0.15) is 29.4 Å². The monoisotopic (exact) mass is 870 g/mol. The number of nitriles is 1. The average molecular weight is 871 g/mol. The third kappa shape index (κ3) is 9.03. The molecule has 3 atom stereocenters. The van der Waals surface area contributed by atoms with Crippen LogP contribution in [0, 0.1) is 23.0 Å². The summed E-state index contributed by atoms with van der Waals surface area (Å²) in [7, 11) is 3.65. The number of carbonyl (C=O) groups is 2. The first-order valence-corrected chi connectivity index (χ1v) is 21.8. The summed E-state index contributed by atoms with van der Waals surface area (Å²) in [5.74, 6) is -0.977. The lowest BCUT2D eigenvalue weighted by Crippen LogP contribution is -2.52. The lowest BCUT2D eigenvalue weighted by atomic mass is 9.78. The van der Waals surface area contributed by atoms with Crippen LogP contribution in [-0.4, -0.2) is 98.5 Å². The topological polar surface area (TPSA) is 154 Å². The predicted octanol–water partition coefficient (Wildman–Crippen LogP) is 8.14. The van der Waals surface area contributed by atoms with E-state index in [1.54, 1.807) is 48.4 Å². The molecule has 2 aromatic heterocycles. The van der Waals surface area contributed by atoms with Gasteiger partial charge in [-0.2, -0.15) is 10.4 Å². The van der Waals surface area contributed by atoms with Crippen LogP contribution in [0.2, 0.25) is 0 Å². The van der Waals surface area contributed by atoms with Crippen molar-refractivity contribution in [1.29, 1.82) is 5.26 Å². The number of nitrogens with zero attached hydrogens (tertiary/aromatic N) is 8. The Morgan fingerprint density at radius 3 is 2.55 bits per heavy atom. The van der Waals surface area contributed by atoms with Gasteiger partial charge in [0.05, 0.1) is 27.8 Å². The Hall–Kier alpha value is -5.48. The third-order valence-corrected chi connectivity index (χ3v) is 13.3. The summed E-state index contributed by atoms with van der Waals surface area (Å²) in [6, 6.07) is 12.3. The van der Waals surface area contributed by atoms with E-state index in [4.69, 9.17) is 9.47 Å². The van der Waals surface area contributed by atoms with Gasteiger partial charge >= 0.3 is 6.03 Å². The first-order chi connectivity index (χ1) is 30.0. The number of imide groups is 1. The molecule has 9 rings (SSSR count). The Bertz CT molecular complexity index is 2500. The van der Waals surface area contributed by atoms with Crippen molar-refractivity contribution in [1.82, 2.24) is 34.3 Å². The van der Waals surface area contributed by atoms with Crippen molar-refractivity contribution in [2.24, 2.45) is 7.05 Å². The molecule has 18 heteroatoms. The molecule has 1 unspecified atom stereocenters. The molecule has 4 fully saturated rings. The molecule has 1 spiro atoms. The van der Waals surface area contributed by atoms with E-state index in [0.717, 1.165) is 58.3 Å². The van der Waals surface area contributed by atoms with Gasteiger partial charge in [0.15, 0.2) is 17.4 Å². The van der Waals surface area contributed by atoms with Gasteiger partial charge in [0.2, 0.25) is 5.91 Å². The molecular formula is C44H49F3N10O4S. The Labute approximate surface area is 362 Å². The number of piperidine rings is 1. The van der Waals surface area contributed by atoms with Crippen LogP contribution in [0.3, 0.4) is 0 Å². The van der Waals surface area contributed by atoms with Crippen molar-refractivity contribution >= 4 is 57.5 Å². The van der Waals surface area contributed by atoms with Gasteiger partial charge in [0.25, 0.3) is 0 Å². The van der Waals surface area contributed by atoms with E-state index in [2.05, 4.69) is 30.0 Å². The van der Waals surface area contributed by atoms with Crippen LogP contribution in [0.15, 0.2) is 54.9 Å².